The molecule has 0 aromatic carbocycles. The van der Waals surface area contributed by atoms with Crippen LogP contribution in [0.3, 0.4) is 0 Å². The molecule has 0 spiro atoms. The van der Waals surface area contributed by atoms with Crippen LogP contribution in [0.15, 0.2) is 12.2 Å². The van der Waals surface area contributed by atoms with Crippen molar-refractivity contribution >= 4 is 0 Å². The highest BCUT2D eigenvalue weighted by Crippen LogP contribution is 2.16. The highest BCUT2D eigenvalue weighted by molar-refractivity contribution is 4.86. The molecule has 0 amide bonds. The van der Waals surface area contributed by atoms with Gasteiger partial charge in [-0.1, -0.05) is 70.4 Å². The molecular formula is C23H44O5. The zero-order valence-electron chi connectivity index (χ0n) is 17.9. The first-order valence-electron chi connectivity index (χ1n) is 11.5. The van der Waals surface area contributed by atoms with Gasteiger partial charge in [0.1, 0.15) is 24.4 Å². The highest BCUT2D eigenvalue weighted by Gasteiger charge is 2.37. The molecule has 1 heterocycles. The molecule has 1 aliphatic heterocycles. The molecule has 5 heteroatoms. The van der Waals surface area contributed by atoms with Crippen molar-refractivity contribution in [1.29, 1.82) is 0 Å². The lowest BCUT2D eigenvalue weighted by molar-refractivity contribution is -0.199. The molecule has 0 radical (unpaired) electrons. The standard InChI is InChI=1S/C23H44O5/c1-2-3-4-5-6-7-8-9-10-11-12-13-14-15-16-17-27-19-21-23(26)22(25)20(24)18-28-21/h8-9,20-26H,2-7,10-19H2,1H3/b9-8+/t20-,21+,22+,23+/m0/s1. The summed E-state index contributed by atoms with van der Waals surface area (Å²) in [5.41, 5.74) is 0. The number of rotatable bonds is 17. The number of ether oxygens (including phenoxy) is 2. The number of hydrogen-bond acceptors (Lipinski definition) is 5. The van der Waals surface area contributed by atoms with E-state index in [1.807, 2.05) is 0 Å². The Morgan fingerprint density at radius 1 is 0.786 bits per heavy atom. The zero-order valence-corrected chi connectivity index (χ0v) is 17.9. The average molecular weight is 401 g/mol. The second-order valence-electron chi connectivity index (χ2n) is 8.08. The van der Waals surface area contributed by atoms with Gasteiger partial charge in [0.15, 0.2) is 0 Å². The van der Waals surface area contributed by atoms with Gasteiger partial charge in [0, 0.05) is 6.61 Å². The zero-order chi connectivity index (χ0) is 20.5. The lowest BCUT2D eigenvalue weighted by Gasteiger charge is -2.35. The number of aliphatic hydroxyl groups excluding tert-OH is 3. The SMILES string of the molecule is CCCCCCC/C=C/CCCCCCCCOC[C@H]1OC[C@H](O)[C@@H](O)[C@@H]1O. The van der Waals surface area contributed by atoms with Crippen molar-refractivity contribution in [1.82, 2.24) is 0 Å². The van der Waals surface area contributed by atoms with Crippen molar-refractivity contribution in [2.24, 2.45) is 0 Å². The average Bonchev–Trinajstić information content (AvgIpc) is 2.70. The summed E-state index contributed by atoms with van der Waals surface area (Å²) in [4.78, 5) is 0. The molecule has 1 rings (SSSR count). The minimum absolute atomic E-state index is 0.0421. The largest absolute Gasteiger partial charge is 0.388 e. The van der Waals surface area contributed by atoms with E-state index in [9.17, 15) is 15.3 Å². The molecule has 1 saturated heterocycles. The molecule has 4 atom stereocenters. The van der Waals surface area contributed by atoms with E-state index in [1.165, 1.54) is 70.6 Å². The third-order valence-electron chi connectivity index (χ3n) is 5.44. The van der Waals surface area contributed by atoms with E-state index in [0.29, 0.717) is 6.61 Å². The molecule has 0 aliphatic carbocycles. The van der Waals surface area contributed by atoms with Crippen molar-refractivity contribution in [2.75, 3.05) is 19.8 Å². The van der Waals surface area contributed by atoms with E-state index in [1.54, 1.807) is 0 Å². The second kappa shape index (κ2) is 17.4. The molecular weight excluding hydrogens is 356 g/mol. The quantitative estimate of drug-likeness (QED) is 0.253. The van der Waals surface area contributed by atoms with Gasteiger partial charge >= 0.3 is 0 Å². The van der Waals surface area contributed by atoms with Crippen molar-refractivity contribution in [2.45, 2.75) is 115 Å². The summed E-state index contributed by atoms with van der Waals surface area (Å²) in [6, 6.07) is 0. The second-order valence-corrected chi connectivity index (χ2v) is 8.08. The predicted octanol–water partition coefficient (Wildman–Crippen LogP) is 4.13. The van der Waals surface area contributed by atoms with Gasteiger partial charge in [0.25, 0.3) is 0 Å². The van der Waals surface area contributed by atoms with Crippen LogP contribution in [0.2, 0.25) is 0 Å². The third kappa shape index (κ3) is 12.2. The number of aliphatic hydroxyl groups is 3. The van der Waals surface area contributed by atoms with E-state index in [4.69, 9.17) is 9.47 Å². The maximum atomic E-state index is 9.82. The molecule has 166 valence electrons. The molecule has 0 aromatic heterocycles. The summed E-state index contributed by atoms with van der Waals surface area (Å²) in [7, 11) is 0. The Balaban J connectivity index is 1.81. The Bertz CT molecular complexity index is 374. The molecule has 1 aliphatic rings. The first-order chi connectivity index (χ1) is 13.7. The molecule has 3 N–H and O–H groups in total. The molecule has 1 fully saturated rings. The van der Waals surface area contributed by atoms with Gasteiger partial charge < -0.3 is 24.8 Å². The first kappa shape index (κ1) is 25.6. The van der Waals surface area contributed by atoms with E-state index >= 15 is 0 Å². The summed E-state index contributed by atoms with van der Waals surface area (Å²) in [5.74, 6) is 0. The Labute approximate surface area is 172 Å². The van der Waals surface area contributed by atoms with E-state index in [2.05, 4.69) is 19.1 Å². The molecule has 0 saturated carbocycles. The Kier molecular flexibility index (Phi) is 15.9. The summed E-state index contributed by atoms with van der Waals surface area (Å²) in [5, 5.41) is 28.9. The lowest BCUT2D eigenvalue weighted by Crippen LogP contribution is -2.54. The highest BCUT2D eigenvalue weighted by atomic mass is 16.6. The molecule has 0 aromatic rings. The van der Waals surface area contributed by atoms with Crippen LogP contribution < -0.4 is 0 Å². The van der Waals surface area contributed by atoms with Gasteiger partial charge in [-0.15, -0.1) is 0 Å². The van der Waals surface area contributed by atoms with Crippen molar-refractivity contribution in [3.63, 3.8) is 0 Å². The number of allylic oxidation sites excluding steroid dienone is 2. The summed E-state index contributed by atoms with van der Waals surface area (Å²) < 4.78 is 10.9. The Morgan fingerprint density at radius 2 is 1.36 bits per heavy atom. The fourth-order valence-corrected chi connectivity index (χ4v) is 3.49. The Hall–Kier alpha value is -0.460. The summed E-state index contributed by atoms with van der Waals surface area (Å²) >= 11 is 0. The topological polar surface area (TPSA) is 79.2 Å². The van der Waals surface area contributed by atoms with Crippen LogP contribution in [-0.2, 0) is 9.47 Å². The smallest absolute Gasteiger partial charge is 0.111 e. The maximum absolute atomic E-state index is 9.82. The van der Waals surface area contributed by atoms with Gasteiger partial charge in [-0.3, -0.25) is 0 Å². The van der Waals surface area contributed by atoms with Crippen molar-refractivity contribution in [3.8, 4) is 0 Å². The van der Waals surface area contributed by atoms with E-state index < -0.39 is 24.4 Å². The fraction of sp³-hybridized carbons (Fsp3) is 0.913. The summed E-state index contributed by atoms with van der Waals surface area (Å²) in [6.07, 6.45) is 17.4. The van der Waals surface area contributed by atoms with Gasteiger partial charge in [0.05, 0.1) is 13.2 Å². The fourth-order valence-electron chi connectivity index (χ4n) is 3.49. The monoisotopic (exact) mass is 400 g/mol. The number of hydrogen-bond donors (Lipinski definition) is 3. The van der Waals surface area contributed by atoms with Crippen LogP contribution in [0.1, 0.15) is 90.4 Å². The van der Waals surface area contributed by atoms with Crippen LogP contribution >= 0.6 is 0 Å². The van der Waals surface area contributed by atoms with Gasteiger partial charge in [-0.05, 0) is 32.1 Å². The number of unbranched alkanes of at least 4 members (excludes halogenated alkanes) is 11. The van der Waals surface area contributed by atoms with Crippen molar-refractivity contribution < 1.29 is 24.8 Å². The van der Waals surface area contributed by atoms with Crippen molar-refractivity contribution in [3.05, 3.63) is 12.2 Å². The van der Waals surface area contributed by atoms with Crippen LogP contribution in [0, 0.1) is 0 Å². The van der Waals surface area contributed by atoms with Gasteiger partial charge in [-0.25, -0.2) is 0 Å². The predicted molar refractivity (Wildman–Crippen MR) is 113 cm³/mol. The minimum Gasteiger partial charge on any atom is -0.388 e. The van der Waals surface area contributed by atoms with Crippen LogP contribution in [0.25, 0.3) is 0 Å². The van der Waals surface area contributed by atoms with E-state index in [0.717, 1.165) is 12.8 Å². The molecule has 0 unspecified atom stereocenters. The maximum Gasteiger partial charge on any atom is 0.111 e. The summed E-state index contributed by atoms with van der Waals surface area (Å²) in [6.45, 7) is 3.20. The first-order valence-corrected chi connectivity index (χ1v) is 11.5. The molecule has 28 heavy (non-hydrogen) atoms. The minimum atomic E-state index is -1.15. The molecule has 5 nitrogen and oxygen atoms in total. The molecule has 0 bridgehead atoms. The van der Waals surface area contributed by atoms with Crippen LogP contribution in [0.5, 0.6) is 0 Å². The van der Waals surface area contributed by atoms with Gasteiger partial charge in [0.2, 0.25) is 0 Å². The third-order valence-corrected chi connectivity index (χ3v) is 5.44. The van der Waals surface area contributed by atoms with E-state index in [-0.39, 0.29) is 13.2 Å². The van der Waals surface area contributed by atoms with Crippen LogP contribution in [0.4, 0.5) is 0 Å². The lowest BCUT2D eigenvalue weighted by atomic mass is 10.0. The normalized spacial score (nSPS) is 25.6. The Morgan fingerprint density at radius 3 is 2.00 bits per heavy atom. The van der Waals surface area contributed by atoms with Gasteiger partial charge in [-0.2, -0.15) is 0 Å². The van der Waals surface area contributed by atoms with Crippen LogP contribution in [-0.4, -0.2) is 59.6 Å².